The third-order valence-corrected chi connectivity index (χ3v) is 12.5. The topological polar surface area (TPSA) is 87.2 Å². The fraction of sp³-hybridized carbons (Fsp3) is 0.444. The summed E-state index contributed by atoms with van der Waals surface area (Å²) in [5.41, 5.74) is -7.57. The number of carbonyl (C=O) groups excluding carboxylic acids is 2. The minimum absolute atomic E-state index is 0.0352. The molecule has 0 radical (unpaired) electrons. The van der Waals surface area contributed by atoms with E-state index in [9.17, 15) is 57.5 Å². The molecule has 2 atom stereocenters. The lowest BCUT2D eigenvalue weighted by Gasteiger charge is -2.37. The van der Waals surface area contributed by atoms with Crippen LogP contribution in [0, 0.1) is 17.5 Å². The number of benzene rings is 3. The third-order valence-electron chi connectivity index (χ3n) is 10.3. The van der Waals surface area contributed by atoms with Crippen molar-refractivity contribution in [3.63, 3.8) is 0 Å². The minimum Gasteiger partial charge on any atom is -0.349 e. The molecule has 1 saturated carbocycles. The van der Waals surface area contributed by atoms with Gasteiger partial charge in [-0.05, 0) is 60.2 Å². The molecule has 0 spiro atoms. The zero-order valence-corrected chi connectivity index (χ0v) is 29.4. The summed E-state index contributed by atoms with van der Waals surface area (Å²) in [6, 6.07) is 7.49. The first-order valence-electron chi connectivity index (χ1n) is 16.9. The van der Waals surface area contributed by atoms with Crippen LogP contribution >= 0.6 is 0 Å². The summed E-state index contributed by atoms with van der Waals surface area (Å²) < 4.78 is 163. The molecule has 6 rings (SSSR count). The van der Waals surface area contributed by atoms with Crippen LogP contribution in [0.5, 0.6) is 0 Å². The van der Waals surface area contributed by atoms with Gasteiger partial charge in [-0.15, -0.1) is 0 Å². The molecule has 3 amide bonds. The van der Waals surface area contributed by atoms with Gasteiger partial charge in [-0.1, -0.05) is 30.3 Å². The molecule has 3 aromatic rings. The number of hydrogen-bond acceptors (Lipinski definition) is 5. The quantitative estimate of drug-likeness (QED) is 0.181. The van der Waals surface area contributed by atoms with Crippen LogP contribution in [0.15, 0.2) is 65.6 Å². The number of alkyl halides is 6. The molecule has 8 nitrogen and oxygen atoms in total. The van der Waals surface area contributed by atoms with Crippen LogP contribution in [0.25, 0.3) is 0 Å². The highest BCUT2D eigenvalue weighted by Crippen LogP contribution is 2.54. The van der Waals surface area contributed by atoms with Gasteiger partial charge in [0.05, 0.1) is 16.8 Å². The molecule has 54 heavy (non-hydrogen) atoms. The molecule has 1 aliphatic carbocycles. The van der Waals surface area contributed by atoms with Crippen molar-refractivity contribution in [1.82, 2.24) is 14.7 Å². The van der Waals surface area contributed by atoms with Crippen molar-refractivity contribution in [2.75, 3.05) is 39.3 Å². The molecule has 0 aromatic heterocycles. The van der Waals surface area contributed by atoms with Crippen molar-refractivity contribution in [1.29, 1.82) is 0 Å². The maximum Gasteiger partial charge on any atom is 0.430 e. The Morgan fingerprint density at radius 1 is 0.759 bits per heavy atom. The van der Waals surface area contributed by atoms with E-state index in [4.69, 9.17) is 0 Å². The number of amides is 3. The van der Waals surface area contributed by atoms with Gasteiger partial charge >= 0.3 is 18.4 Å². The second-order valence-corrected chi connectivity index (χ2v) is 15.8. The van der Waals surface area contributed by atoms with Gasteiger partial charge in [-0.2, -0.15) is 26.3 Å². The maximum atomic E-state index is 14.6. The zero-order chi connectivity index (χ0) is 39.4. The number of halogens is 9. The molecule has 292 valence electrons. The maximum absolute atomic E-state index is 14.6. The predicted molar refractivity (Wildman–Crippen MR) is 174 cm³/mol. The van der Waals surface area contributed by atoms with Gasteiger partial charge in [0, 0.05) is 63.2 Å². The Kier molecular flexibility index (Phi) is 10.5. The van der Waals surface area contributed by atoms with E-state index >= 15 is 0 Å². The van der Waals surface area contributed by atoms with Crippen LogP contribution in [0.2, 0.25) is 0 Å². The minimum atomic E-state index is -6.20. The van der Waals surface area contributed by atoms with Crippen LogP contribution in [-0.2, 0) is 31.6 Å². The first-order valence-corrected chi connectivity index (χ1v) is 18.4. The van der Waals surface area contributed by atoms with Crippen LogP contribution in [-0.4, -0.2) is 91.9 Å². The van der Waals surface area contributed by atoms with Crippen molar-refractivity contribution in [2.24, 2.45) is 0 Å². The van der Waals surface area contributed by atoms with Crippen molar-refractivity contribution in [3.8, 4) is 0 Å². The van der Waals surface area contributed by atoms with Crippen molar-refractivity contribution in [3.05, 3.63) is 100 Å². The third kappa shape index (κ3) is 7.25. The Morgan fingerprint density at radius 2 is 1.33 bits per heavy atom. The molecule has 0 unspecified atom stereocenters. The summed E-state index contributed by atoms with van der Waals surface area (Å²) in [5.74, 6) is -5.02. The highest BCUT2D eigenvalue weighted by Gasteiger charge is 2.73. The van der Waals surface area contributed by atoms with E-state index < -0.39 is 86.7 Å². The molecule has 2 heterocycles. The zero-order valence-electron chi connectivity index (χ0n) is 28.6. The molecular weight excluding hydrogens is 757 g/mol. The smallest absolute Gasteiger partial charge is 0.349 e. The molecule has 3 aliphatic rings. The SMILES string of the molecule is CC(=O)N1CCN(C(=O)N2C[C@@H](S(=O)(=O)c3ccc(F)c(C4CC4)c3)[C@H](c3ccc(C(OCc4c(F)cccc4F)(C(F)(F)F)C(F)(F)F)cc3)C2)CC1. The Balaban J connectivity index is 1.36. The Hall–Kier alpha value is -4.32. The lowest BCUT2D eigenvalue weighted by molar-refractivity contribution is -0.392. The average Bonchev–Trinajstić information content (AvgIpc) is 3.85. The lowest BCUT2D eigenvalue weighted by Crippen LogP contribution is -2.55. The van der Waals surface area contributed by atoms with Crippen LogP contribution in [0.1, 0.15) is 53.9 Å². The summed E-state index contributed by atoms with van der Waals surface area (Å²) in [6.07, 6.45) is -11.1. The Bertz CT molecular complexity index is 1980. The fourth-order valence-electron chi connectivity index (χ4n) is 7.11. The van der Waals surface area contributed by atoms with Gasteiger partial charge in [0.25, 0.3) is 5.60 Å². The fourth-order valence-corrected chi connectivity index (χ4v) is 9.06. The first kappa shape index (κ1) is 39.4. The van der Waals surface area contributed by atoms with E-state index in [1.54, 1.807) is 0 Å². The first-order chi connectivity index (χ1) is 25.3. The molecule has 2 saturated heterocycles. The summed E-state index contributed by atoms with van der Waals surface area (Å²) in [4.78, 5) is 29.4. The molecule has 3 fully saturated rings. The van der Waals surface area contributed by atoms with Crippen molar-refractivity contribution in [2.45, 2.75) is 66.3 Å². The number of carbonyl (C=O) groups is 2. The normalized spacial score (nSPS) is 20.1. The monoisotopic (exact) mass is 791 g/mol. The highest BCUT2D eigenvalue weighted by atomic mass is 32.2. The number of urea groups is 1. The number of rotatable bonds is 8. The summed E-state index contributed by atoms with van der Waals surface area (Å²) in [7, 11) is -4.42. The van der Waals surface area contributed by atoms with E-state index in [1.807, 2.05) is 0 Å². The molecule has 3 aromatic carbocycles. The second-order valence-electron chi connectivity index (χ2n) is 13.6. The predicted octanol–water partition coefficient (Wildman–Crippen LogP) is 7.04. The van der Waals surface area contributed by atoms with Crippen molar-refractivity contribution < 1.29 is 62.3 Å². The summed E-state index contributed by atoms with van der Waals surface area (Å²) in [6.45, 7) is -0.415. The van der Waals surface area contributed by atoms with Gasteiger partial charge < -0.3 is 19.4 Å². The number of likely N-dealkylation sites (tertiary alicyclic amines) is 1. The average molecular weight is 792 g/mol. The second kappa shape index (κ2) is 14.4. The number of sulfone groups is 1. The summed E-state index contributed by atoms with van der Waals surface area (Å²) in [5, 5.41) is -1.46. The standard InChI is InChI=1S/C36H34F9N3O5S/c1-21(49)46-13-15-47(16-14-46)33(50)48-18-27(32(19-48)54(51,52)25-11-12-31(39)26(17-25)22-5-6-22)23-7-9-24(10-8-23)34(35(40,41)42,36(43,44)45)53-20-28-29(37)3-2-4-30(28)38/h2-4,7-12,17,22,27,32H,5-6,13-16,18-20H2,1H3/t27-,32+/m0/s1. The van der Waals surface area contributed by atoms with Crippen LogP contribution in [0.3, 0.4) is 0 Å². The molecule has 0 N–H and O–H groups in total. The number of ether oxygens (including phenoxy) is 1. The van der Waals surface area contributed by atoms with Gasteiger partial charge in [-0.3, -0.25) is 4.79 Å². The summed E-state index contributed by atoms with van der Waals surface area (Å²) >= 11 is 0. The Labute approximate surface area is 304 Å². The molecule has 0 bridgehead atoms. The van der Waals surface area contributed by atoms with Gasteiger partial charge in [0.15, 0.2) is 9.84 Å². The number of hydrogen-bond donors (Lipinski definition) is 0. The van der Waals surface area contributed by atoms with E-state index in [1.165, 1.54) is 27.7 Å². The van der Waals surface area contributed by atoms with Crippen LogP contribution in [0.4, 0.5) is 44.3 Å². The van der Waals surface area contributed by atoms with E-state index in [0.29, 0.717) is 37.1 Å². The largest absolute Gasteiger partial charge is 0.430 e. The molecule has 18 heteroatoms. The van der Waals surface area contributed by atoms with E-state index in [-0.39, 0.29) is 60.6 Å². The van der Waals surface area contributed by atoms with Gasteiger partial charge in [0.1, 0.15) is 17.5 Å². The Morgan fingerprint density at radius 3 is 1.87 bits per heavy atom. The van der Waals surface area contributed by atoms with Gasteiger partial charge in [-0.25, -0.2) is 26.4 Å². The highest BCUT2D eigenvalue weighted by molar-refractivity contribution is 7.92. The van der Waals surface area contributed by atoms with Crippen LogP contribution < -0.4 is 0 Å². The van der Waals surface area contributed by atoms with E-state index in [2.05, 4.69) is 4.74 Å². The van der Waals surface area contributed by atoms with E-state index in [0.717, 1.165) is 30.3 Å². The molecular formula is C36H34F9N3O5S. The van der Waals surface area contributed by atoms with Crippen molar-refractivity contribution >= 4 is 21.8 Å². The van der Waals surface area contributed by atoms with Gasteiger partial charge in [0.2, 0.25) is 5.91 Å². The number of nitrogens with zero attached hydrogens (tertiary/aromatic N) is 3. The lowest BCUT2D eigenvalue weighted by atomic mass is 9.88. The number of piperazine rings is 1. The molecule has 2 aliphatic heterocycles.